The van der Waals surface area contributed by atoms with Gasteiger partial charge in [0, 0.05) is 34.8 Å². The lowest BCUT2D eigenvalue weighted by Crippen LogP contribution is -2.53. The fourth-order valence-corrected chi connectivity index (χ4v) is 6.73. The van der Waals surface area contributed by atoms with E-state index >= 15 is 0 Å². The van der Waals surface area contributed by atoms with Crippen molar-refractivity contribution in [3.8, 4) is 5.75 Å². The number of amides is 3. The molecular weight excluding hydrogens is 504 g/mol. The molecule has 0 bridgehead atoms. The second-order valence-electron chi connectivity index (χ2n) is 9.96. The van der Waals surface area contributed by atoms with Crippen molar-refractivity contribution in [2.75, 3.05) is 17.3 Å². The largest absolute Gasteiger partial charge is 0.497 e. The molecule has 2 saturated heterocycles. The van der Waals surface area contributed by atoms with Gasteiger partial charge in [0.15, 0.2) is 0 Å². The zero-order valence-corrected chi connectivity index (χ0v) is 21.1. The number of imide groups is 1. The van der Waals surface area contributed by atoms with Crippen LogP contribution < -0.4 is 20.3 Å². The maximum Gasteiger partial charge on any atom is 0.250 e. The molecule has 0 unspecified atom stereocenters. The van der Waals surface area contributed by atoms with Gasteiger partial charge in [-0.05, 0) is 36.2 Å². The SMILES string of the molecule is COc1cccc(N2C(=O)[C@@H]3[C@@H](C2=O)[C@@]2(N[C@@H]3Cc3c[nH]c4ccccc34)C(=O)Nc3c(Cl)cccc32)c1. The summed E-state index contributed by atoms with van der Waals surface area (Å²) in [6.45, 7) is 0. The van der Waals surface area contributed by atoms with Crippen LogP contribution in [-0.2, 0) is 26.3 Å². The first-order valence-electron chi connectivity index (χ1n) is 12.4. The normalized spacial score (nSPS) is 25.8. The van der Waals surface area contributed by atoms with Crippen LogP contribution in [0.3, 0.4) is 0 Å². The molecule has 3 aliphatic rings. The number of nitrogens with zero attached hydrogens (tertiary/aromatic N) is 1. The Morgan fingerprint density at radius 3 is 2.66 bits per heavy atom. The molecule has 3 aromatic carbocycles. The first kappa shape index (κ1) is 23.0. The molecule has 0 radical (unpaired) electrons. The summed E-state index contributed by atoms with van der Waals surface area (Å²) >= 11 is 6.46. The monoisotopic (exact) mass is 526 g/mol. The number of hydrogen-bond acceptors (Lipinski definition) is 5. The number of ether oxygens (including phenoxy) is 1. The third-order valence-corrected chi connectivity index (χ3v) is 8.44. The van der Waals surface area contributed by atoms with Crippen LogP contribution in [0.2, 0.25) is 5.02 Å². The van der Waals surface area contributed by atoms with Gasteiger partial charge in [-0.3, -0.25) is 19.7 Å². The number of rotatable bonds is 4. The third kappa shape index (κ3) is 2.98. The molecule has 4 heterocycles. The number of fused-ring (bicyclic) bond motifs is 5. The van der Waals surface area contributed by atoms with Crippen LogP contribution in [0.15, 0.2) is 72.9 Å². The summed E-state index contributed by atoms with van der Waals surface area (Å²) in [7, 11) is 1.53. The number of hydrogen-bond donors (Lipinski definition) is 3. The van der Waals surface area contributed by atoms with Crippen LogP contribution in [0.5, 0.6) is 5.75 Å². The fraction of sp³-hybridized carbons (Fsp3) is 0.207. The van der Waals surface area contributed by atoms with Crippen LogP contribution in [0.4, 0.5) is 11.4 Å². The van der Waals surface area contributed by atoms with Crippen LogP contribution >= 0.6 is 11.6 Å². The van der Waals surface area contributed by atoms with Crippen molar-refractivity contribution < 1.29 is 19.1 Å². The van der Waals surface area contributed by atoms with E-state index in [1.807, 2.05) is 30.5 Å². The van der Waals surface area contributed by atoms with E-state index in [4.69, 9.17) is 16.3 Å². The van der Waals surface area contributed by atoms with E-state index in [2.05, 4.69) is 15.6 Å². The lowest BCUT2D eigenvalue weighted by Gasteiger charge is -2.29. The second kappa shape index (κ2) is 8.18. The number of para-hydroxylation sites is 2. The van der Waals surface area contributed by atoms with Gasteiger partial charge in [0.2, 0.25) is 17.7 Å². The van der Waals surface area contributed by atoms with E-state index in [0.29, 0.717) is 34.1 Å². The Hall–Kier alpha value is -4.14. The van der Waals surface area contributed by atoms with Crippen LogP contribution in [0, 0.1) is 11.8 Å². The first-order valence-corrected chi connectivity index (χ1v) is 12.8. The van der Waals surface area contributed by atoms with E-state index < -0.39 is 29.3 Å². The molecule has 2 fully saturated rings. The summed E-state index contributed by atoms with van der Waals surface area (Å²) in [5.74, 6) is -2.34. The van der Waals surface area contributed by atoms with Crippen LogP contribution in [0.1, 0.15) is 11.1 Å². The van der Waals surface area contributed by atoms with Crippen molar-refractivity contribution in [2.24, 2.45) is 11.8 Å². The Morgan fingerprint density at radius 2 is 1.82 bits per heavy atom. The van der Waals surface area contributed by atoms with Gasteiger partial charge in [-0.25, -0.2) is 4.90 Å². The summed E-state index contributed by atoms with van der Waals surface area (Å²) in [5.41, 5.74) is 2.02. The highest BCUT2D eigenvalue weighted by atomic mass is 35.5. The molecule has 0 aliphatic carbocycles. The number of carbonyl (C=O) groups is 3. The number of H-pyrrole nitrogens is 1. The minimum atomic E-state index is -1.43. The number of benzene rings is 3. The molecule has 190 valence electrons. The molecule has 3 amide bonds. The molecule has 8 nitrogen and oxygen atoms in total. The van der Waals surface area contributed by atoms with Crippen LogP contribution in [-0.4, -0.2) is 35.9 Å². The van der Waals surface area contributed by atoms with E-state index in [9.17, 15) is 14.4 Å². The Bertz CT molecular complexity index is 1670. The van der Waals surface area contributed by atoms with Gasteiger partial charge < -0.3 is 15.0 Å². The molecule has 4 atom stereocenters. The summed E-state index contributed by atoms with van der Waals surface area (Å²) in [4.78, 5) is 46.5. The number of methoxy groups -OCH3 is 1. The average Bonchev–Trinajstić information content (AvgIpc) is 3.64. The maximum absolute atomic E-state index is 14.2. The Kier molecular flexibility index (Phi) is 4.95. The number of aromatic nitrogens is 1. The van der Waals surface area contributed by atoms with Gasteiger partial charge in [0.05, 0.1) is 35.3 Å². The van der Waals surface area contributed by atoms with Gasteiger partial charge in [0.1, 0.15) is 11.3 Å². The first-order chi connectivity index (χ1) is 18.4. The highest BCUT2D eigenvalue weighted by Crippen LogP contribution is 2.55. The highest BCUT2D eigenvalue weighted by molar-refractivity contribution is 6.35. The van der Waals surface area contributed by atoms with Gasteiger partial charge in [-0.2, -0.15) is 0 Å². The molecule has 1 spiro atoms. The summed E-state index contributed by atoms with van der Waals surface area (Å²) in [5, 5.41) is 7.79. The van der Waals surface area contributed by atoms with E-state index in [-0.39, 0.29) is 11.8 Å². The average molecular weight is 527 g/mol. The van der Waals surface area contributed by atoms with E-state index in [0.717, 1.165) is 16.5 Å². The summed E-state index contributed by atoms with van der Waals surface area (Å²) < 4.78 is 5.34. The minimum Gasteiger partial charge on any atom is -0.497 e. The van der Waals surface area contributed by atoms with Crippen molar-refractivity contribution >= 4 is 51.6 Å². The zero-order valence-electron chi connectivity index (χ0n) is 20.3. The quantitative estimate of drug-likeness (QED) is 0.349. The Morgan fingerprint density at radius 1 is 1.00 bits per heavy atom. The Balaban J connectivity index is 1.38. The van der Waals surface area contributed by atoms with Crippen molar-refractivity contribution in [3.63, 3.8) is 0 Å². The topological polar surface area (TPSA) is 104 Å². The summed E-state index contributed by atoms with van der Waals surface area (Å²) in [6.07, 6.45) is 2.37. The minimum absolute atomic E-state index is 0.342. The second-order valence-corrected chi connectivity index (χ2v) is 10.4. The smallest absolute Gasteiger partial charge is 0.250 e. The lowest BCUT2D eigenvalue weighted by molar-refractivity contribution is -0.130. The maximum atomic E-state index is 14.2. The van der Waals surface area contributed by atoms with Crippen LogP contribution in [0.25, 0.3) is 10.9 Å². The highest BCUT2D eigenvalue weighted by Gasteiger charge is 2.70. The molecule has 38 heavy (non-hydrogen) atoms. The molecule has 4 aromatic rings. The van der Waals surface area contributed by atoms with Crippen molar-refractivity contribution in [3.05, 3.63) is 89.1 Å². The van der Waals surface area contributed by atoms with E-state index in [1.165, 1.54) is 12.0 Å². The fourth-order valence-electron chi connectivity index (χ4n) is 6.51. The van der Waals surface area contributed by atoms with Gasteiger partial charge >= 0.3 is 0 Å². The van der Waals surface area contributed by atoms with Crippen molar-refractivity contribution in [1.29, 1.82) is 0 Å². The number of carbonyl (C=O) groups excluding carboxylic acids is 3. The molecule has 1 aromatic heterocycles. The molecular formula is C29H23ClN4O4. The standard InChI is InChI=1S/C29H23ClN4O4/c1-38-17-7-4-6-16(13-17)34-26(35)23-22(12-15-14-31-21-11-3-2-8-18(15)21)33-29(24(23)27(34)36)19-9-5-10-20(30)25(19)32-28(29)37/h2-11,13-14,22-24,31,33H,12H2,1H3,(H,32,37)/t22-,23+,24+,29-/m1/s1. The number of halogens is 1. The van der Waals surface area contributed by atoms with Gasteiger partial charge in [0.25, 0.3) is 0 Å². The predicted molar refractivity (Wildman–Crippen MR) is 143 cm³/mol. The molecule has 0 saturated carbocycles. The molecule has 3 N–H and O–H groups in total. The third-order valence-electron chi connectivity index (χ3n) is 8.13. The molecule has 9 heteroatoms. The van der Waals surface area contributed by atoms with Gasteiger partial charge in [-0.15, -0.1) is 0 Å². The lowest BCUT2D eigenvalue weighted by atomic mass is 9.76. The molecule has 3 aliphatic heterocycles. The van der Waals surface area contributed by atoms with Crippen molar-refractivity contribution in [2.45, 2.75) is 18.0 Å². The van der Waals surface area contributed by atoms with Gasteiger partial charge in [-0.1, -0.05) is 48.0 Å². The van der Waals surface area contributed by atoms with Crippen molar-refractivity contribution in [1.82, 2.24) is 10.3 Å². The zero-order chi connectivity index (χ0) is 26.2. The number of aromatic amines is 1. The molecule has 7 rings (SSSR count). The predicted octanol–water partition coefficient (Wildman–Crippen LogP) is 4.00. The Labute approximate surface area is 222 Å². The summed E-state index contributed by atoms with van der Waals surface area (Å²) in [6, 6.07) is 19.5. The van der Waals surface area contributed by atoms with E-state index in [1.54, 1.807) is 42.5 Å². The number of nitrogens with one attached hydrogen (secondary N) is 3. The number of anilines is 2.